The molecule has 1 N–H and O–H groups in total. The van der Waals surface area contributed by atoms with Gasteiger partial charge in [-0.15, -0.1) is 0 Å². The van der Waals surface area contributed by atoms with Gasteiger partial charge in [0.05, 0.1) is 7.11 Å². The highest BCUT2D eigenvalue weighted by Crippen LogP contribution is 2.19. The van der Waals surface area contributed by atoms with E-state index in [4.69, 9.17) is 4.74 Å². The molecule has 1 rings (SSSR count). The van der Waals surface area contributed by atoms with Crippen LogP contribution in [0.3, 0.4) is 0 Å². The van der Waals surface area contributed by atoms with E-state index in [1.165, 1.54) is 7.11 Å². The summed E-state index contributed by atoms with van der Waals surface area (Å²) in [7, 11) is 1.49. The van der Waals surface area contributed by atoms with Gasteiger partial charge < -0.3 is 10.1 Å². The minimum absolute atomic E-state index is 0.239. The Labute approximate surface area is 96.8 Å². The fourth-order valence-corrected chi connectivity index (χ4v) is 1.52. The van der Waals surface area contributed by atoms with Crippen molar-refractivity contribution in [1.29, 1.82) is 0 Å². The number of benzene rings is 1. The van der Waals surface area contributed by atoms with E-state index in [0.717, 1.165) is 13.1 Å². The monoisotopic (exact) mass is 225 g/mol. The second-order valence-electron chi connectivity index (χ2n) is 4.28. The number of hydrogen-bond acceptors (Lipinski definition) is 2. The third kappa shape index (κ3) is 3.81. The highest BCUT2D eigenvalue weighted by molar-refractivity contribution is 5.31. The third-order valence-corrected chi connectivity index (χ3v) is 2.39. The van der Waals surface area contributed by atoms with Gasteiger partial charge >= 0.3 is 0 Å². The van der Waals surface area contributed by atoms with Crippen LogP contribution in [0.5, 0.6) is 5.75 Å². The van der Waals surface area contributed by atoms with Gasteiger partial charge in [-0.25, -0.2) is 4.39 Å². The van der Waals surface area contributed by atoms with E-state index in [-0.39, 0.29) is 5.82 Å². The van der Waals surface area contributed by atoms with E-state index >= 15 is 0 Å². The van der Waals surface area contributed by atoms with Crippen molar-refractivity contribution < 1.29 is 9.13 Å². The van der Waals surface area contributed by atoms with Crippen LogP contribution in [0.2, 0.25) is 0 Å². The standard InChI is InChI=1S/C13H20FNO/c1-10(2)9-15-8-7-11-5-4-6-12(16-3)13(11)14/h4-6,10,15H,7-9H2,1-3H3. The summed E-state index contributed by atoms with van der Waals surface area (Å²) < 4.78 is 18.6. The Morgan fingerprint density at radius 2 is 2.12 bits per heavy atom. The van der Waals surface area contributed by atoms with E-state index in [2.05, 4.69) is 19.2 Å². The van der Waals surface area contributed by atoms with E-state index in [1.807, 2.05) is 6.07 Å². The smallest absolute Gasteiger partial charge is 0.168 e. The molecule has 90 valence electrons. The predicted molar refractivity (Wildman–Crippen MR) is 64.4 cm³/mol. The van der Waals surface area contributed by atoms with Gasteiger partial charge in [0, 0.05) is 0 Å². The minimum atomic E-state index is -0.239. The van der Waals surface area contributed by atoms with Gasteiger partial charge in [-0.05, 0) is 37.1 Å². The first-order chi connectivity index (χ1) is 7.65. The molecule has 0 aliphatic rings. The minimum Gasteiger partial charge on any atom is -0.494 e. The van der Waals surface area contributed by atoms with Gasteiger partial charge in [0.2, 0.25) is 0 Å². The van der Waals surface area contributed by atoms with Crippen molar-refractivity contribution >= 4 is 0 Å². The Hall–Kier alpha value is -1.09. The fraction of sp³-hybridized carbons (Fsp3) is 0.538. The Balaban J connectivity index is 2.47. The molecule has 0 aliphatic carbocycles. The quantitative estimate of drug-likeness (QED) is 0.751. The Morgan fingerprint density at radius 3 is 2.75 bits per heavy atom. The Bertz CT molecular complexity index is 326. The van der Waals surface area contributed by atoms with Gasteiger partial charge in [-0.2, -0.15) is 0 Å². The summed E-state index contributed by atoms with van der Waals surface area (Å²) in [5, 5.41) is 3.29. The molecule has 2 nitrogen and oxygen atoms in total. The van der Waals surface area contributed by atoms with Crippen molar-refractivity contribution in [2.45, 2.75) is 20.3 Å². The zero-order valence-corrected chi connectivity index (χ0v) is 10.2. The second-order valence-corrected chi connectivity index (χ2v) is 4.28. The highest BCUT2D eigenvalue weighted by atomic mass is 19.1. The molecule has 0 heterocycles. The van der Waals surface area contributed by atoms with Gasteiger partial charge in [0.25, 0.3) is 0 Å². The van der Waals surface area contributed by atoms with Crippen LogP contribution in [0.1, 0.15) is 19.4 Å². The van der Waals surface area contributed by atoms with Crippen molar-refractivity contribution in [3.05, 3.63) is 29.6 Å². The highest BCUT2D eigenvalue weighted by Gasteiger charge is 2.07. The molecule has 0 saturated carbocycles. The van der Waals surface area contributed by atoms with Crippen molar-refractivity contribution in [3.63, 3.8) is 0 Å². The lowest BCUT2D eigenvalue weighted by Gasteiger charge is -2.09. The Morgan fingerprint density at radius 1 is 1.38 bits per heavy atom. The molecule has 0 bridgehead atoms. The van der Waals surface area contributed by atoms with Gasteiger partial charge in [0.1, 0.15) is 0 Å². The molecule has 0 radical (unpaired) electrons. The first-order valence-electron chi connectivity index (χ1n) is 5.67. The number of rotatable bonds is 6. The zero-order chi connectivity index (χ0) is 12.0. The maximum absolute atomic E-state index is 13.7. The molecular weight excluding hydrogens is 205 g/mol. The summed E-state index contributed by atoms with van der Waals surface area (Å²) in [5.74, 6) is 0.702. The molecule has 0 amide bonds. The average Bonchev–Trinajstić information content (AvgIpc) is 2.26. The summed E-state index contributed by atoms with van der Waals surface area (Å²) in [6.07, 6.45) is 0.690. The molecule has 0 fully saturated rings. The van der Waals surface area contributed by atoms with Crippen LogP contribution in [-0.2, 0) is 6.42 Å². The number of nitrogens with one attached hydrogen (secondary N) is 1. The maximum Gasteiger partial charge on any atom is 0.168 e. The van der Waals surface area contributed by atoms with E-state index in [1.54, 1.807) is 12.1 Å². The van der Waals surface area contributed by atoms with Crippen LogP contribution in [0, 0.1) is 11.7 Å². The van der Waals surface area contributed by atoms with E-state index in [0.29, 0.717) is 23.7 Å². The number of ether oxygens (including phenoxy) is 1. The summed E-state index contributed by atoms with van der Waals surface area (Å²) in [6, 6.07) is 5.26. The SMILES string of the molecule is COc1cccc(CCNCC(C)C)c1F. The summed E-state index contributed by atoms with van der Waals surface area (Å²) >= 11 is 0. The molecule has 0 atom stereocenters. The van der Waals surface area contributed by atoms with Crippen molar-refractivity contribution in [1.82, 2.24) is 5.32 Å². The van der Waals surface area contributed by atoms with Gasteiger partial charge in [-0.3, -0.25) is 0 Å². The summed E-state index contributed by atoms with van der Waals surface area (Å²) in [4.78, 5) is 0. The van der Waals surface area contributed by atoms with Crippen LogP contribution >= 0.6 is 0 Å². The zero-order valence-electron chi connectivity index (χ0n) is 10.2. The number of methoxy groups -OCH3 is 1. The Kier molecular flexibility index (Phi) is 5.26. The third-order valence-electron chi connectivity index (χ3n) is 2.39. The van der Waals surface area contributed by atoms with E-state index < -0.39 is 0 Å². The lowest BCUT2D eigenvalue weighted by Crippen LogP contribution is -2.22. The van der Waals surface area contributed by atoms with Crippen LogP contribution in [0.25, 0.3) is 0 Å². The second kappa shape index (κ2) is 6.48. The number of halogens is 1. The van der Waals surface area contributed by atoms with Crippen LogP contribution in [0.15, 0.2) is 18.2 Å². The molecule has 1 aromatic rings. The topological polar surface area (TPSA) is 21.3 Å². The van der Waals surface area contributed by atoms with Gasteiger partial charge in [-0.1, -0.05) is 26.0 Å². The van der Waals surface area contributed by atoms with Crippen molar-refractivity contribution in [2.24, 2.45) is 5.92 Å². The molecule has 16 heavy (non-hydrogen) atoms. The maximum atomic E-state index is 13.7. The molecule has 0 aliphatic heterocycles. The van der Waals surface area contributed by atoms with Crippen LogP contribution in [0.4, 0.5) is 4.39 Å². The average molecular weight is 225 g/mol. The first kappa shape index (κ1) is 13.0. The normalized spacial score (nSPS) is 10.8. The molecule has 1 aromatic carbocycles. The first-order valence-corrected chi connectivity index (χ1v) is 5.67. The lowest BCUT2D eigenvalue weighted by atomic mass is 10.1. The largest absolute Gasteiger partial charge is 0.494 e. The van der Waals surface area contributed by atoms with Crippen molar-refractivity contribution in [3.8, 4) is 5.75 Å². The lowest BCUT2D eigenvalue weighted by molar-refractivity contribution is 0.384. The fourth-order valence-electron chi connectivity index (χ4n) is 1.52. The number of hydrogen-bond donors (Lipinski definition) is 1. The van der Waals surface area contributed by atoms with E-state index in [9.17, 15) is 4.39 Å². The molecule has 3 heteroatoms. The molecule has 0 spiro atoms. The molecule has 0 unspecified atom stereocenters. The predicted octanol–water partition coefficient (Wildman–Crippen LogP) is 2.62. The van der Waals surface area contributed by atoms with Crippen LogP contribution < -0.4 is 10.1 Å². The molecule has 0 aromatic heterocycles. The van der Waals surface area contributed by atoms with Crippen LogP contribution in [-0.4, -0.2) is 20.2 Å². The molecular formula is C13H20FNO. The molecule has 0 saturated heterocycles. The summed E-state index contributed by atoms with van der Waals surface area (Å²) in [5.41, 5.74) is 0.704. The van der Waals surface area contributed by atoms with Crippen molar-refractivity contribution in [2.75, 3.05) is 20.2 Å². The van der Waals surface area contributed by atoms with Gasteiger partial charge in [0.15, 0.2) is 11.6 Å². The summed E-state index contributed by atoms with van der Waals surface area (Å²) in [6.45, 7) is 6.06.